The molecule has 1 aliphatic rings. The second-order valence-electron chi connectivity index (χ2n) is 5.04. The molecule has 3 unspecified atom stereocenters. The first kappa shape index (κ1) is 11.7. The third-order valence-electron chi connectivity index (χ3n) is 3.73. The molecule has 0 saturated carbocycles. The summed E-state index contributed by atoms with van der Waals surface area (Å²) >= 11 is 0. The molecule has 0 bridgehead atoms. The van der Waals surface area contributed by atoms with Gasteiger partial charge in [-0.2, -0.15) is 0 Å². The Morgan fingerprint density at radius 2 is 2.07 bits per heavy atom. The van der Waals surface area contributed by atoms with Gasteiger partial charge in [0.1, 0.15) is 5.60 Å². The van der Waals surface area contributed by atoms with Crippen molar-refractivity contribution in [3.8, 4) is 0 Å². The largest absolute Gasteiger partial charge is 0.367 e. The number of ether oxygens (including phenoxy) is 1. The van der Waals surface area contributed by atoms with Gasteiger partial charge in [0, 0.05) is 5.92 Å². The second-order valence-corrected chi connectivity index (χ2v) is 5.04. The smallest absolute Gasteiger partial charge is 0.169 e. The summed E-state index contributed by atoms with van der Waals surface area (Å²) in [7, 11) is 0. The minimum Gasteiger partial charge on any atom is -0.367 e. The van der Waals surface area contributed by atoms with Crippen LogP contribution in [0.15, 0.2) is 0 Å². The molecule has 2 nitrogen and oxygen atoms in total. The van der Waals surface area contributed by atoms with Crippen molar-refractivity contribution in [2.75, 3.05) is 6.61 Å². The Morgan fingerprint density at radius 3 is 2.43 bits per heavy atom. The van der Waals surface area contributed by atoms with Gasteiger partial charge in [-0.1, -0.05) is 27.2 Å². The van der Waals surface area contributed by atoms with Crippen molar-refractivity contribution in [3.05, 3.63) is 0 Å². The highest BCUT2D eigenvalue weighted by atomic mass is 16.5. The van der Waals surface area contributed by atoms with Crippen LogP contribution in [-0.4, -0.2) is 18.0 Å². The van der Waals surface area contributed by atoms with E-state index in [1.807, 2.05) is 13.8 Å². The number of rotatable bonds is 3. The fourth-order valence-electron chi connectivity index (χ4n) is 2.05. The molecule has 1 aliphatic heterocycles. The van der Waals surface area contributed by atoms with Gasteiger partial charge in [-0.05, 0) is 25.7 Å². The molecular formula is C12H22O2. The van der Waals surface area contributed by atoms with Gasteiger partial charge in [-0.15, -0.1) is 0 Å². The van der Waals surface area contributed by atoms with Crippen LogP contribution in [-0.2, 0) is 9.53 Å². The van der Waals surface area contributed by atoms with Crippen LogP contribution < -0.4 is 0 Å². The third-order valence-corrected chi connectivity index (χ3v) is 3.73. The van der Waals surface area contributed by atoms with E-state index < -0.39 is 5.60 Å². The zero-order chi connectivity index (χ0) is 10.9. The maximum absolute atomic E-state index is 12.0. The molecule has 1 saturated heterocycles. The summed E-state index contributed by atoms with van der Waals surface area (Å²) in [5.41, 5.74) is -0.549. The van der Waals surface area contributed by atoms with E-state index in [2.05, 4.69) is 20.8 Å². The fraction of sp³-hybridized carbons (Fsp3) is 0.917. The predicted octanol–water partition coefficient (Wildman–Crippen LogP) is 2.66. The summed E-state index contributed by atoms with van der Waals surface area (Å²) < 4.78 is 5.53. The molecule has 82 valence electrons. The van der Waals surface area contributed by atoms with Gasteiger partial charge in [0.05, 0.1) is 6.61 Å². The lowest BCUT2D eigenvalue weighted by Gasteiger charge is -2.23. The van der Waals surface area contributed by atoms with Crippen LogP contribution in [0.3, 0.4) is 0 Å². The molecule has 14 heavy (non-hydrogen) atoms. The van der Waals surface area contributed by atoms with Gasteiger partial charge in [0.15, 0.2) is 5.78 Å². The lowest BCUT2D eigenvalue weighted by atomic mass is 9.79. The molecule has 0 aliphatic carbocycles. The molecule has 0 aromatic heterocycles. The maximum atomic E-state index is 12.0. The van der Waals surface area contributed by atoms with Crippen molar-refractivity contribution in [1.82, 2.24) is 0 Å². The Kier molecular flexibility index (Phi) is 3.36. The van der Waals surface area contributed by atoms with Gasteiger partial charge >= 0.3 is 0 Å². The standard InChI is InChI=1S/C12H22O2/c1-6-8(2)9(3)10-7-14-12(4,5)11(10)13/h8-10H,6-7H2,1-5H3. The Labute approximate surface area is 87.0 Å². The Bertz CT molecular complexity index is 220. The first-order valence-corrected chi connectivity index (χ1v) is 5.58. The van der Waals surface area contributed by atoms with Crippen molar-refractivity contribution in [1.29, 1.82) is 0 Å². The molecule has 1 fully saturated rings. The lowest BCUT2D eigenvalue weighted by molar-refractivity contribution is -0.131. The molecule has 2 heteroatoms. The average molecular weight is 198 g/mol. The SMILES string of the molecule is CCC(C)C(C)C1COC(C)(C)C1=O. The van der Waals surface area contributed by atoms with E-state index in [1.165, 1.54) is 0 Å². The van der Waals surface area contributed by atoms with Crippen LogP contribution in [0.5, 0.6) is 0 Å². The third kappa shape index (κ3) is 2.00. The molecule has 1 rings (SSSR count). The number of ketones is 1. The van der Waals surface area contributed by atoms with Crippen molar-refractivity contribution >= 4 is 5.78 Å². The van der Waals surface area contributed by atoms with Gasteiger partial charge < -0.3 is 4.74 Å². The summed E-state index contributed by atoms with van der Waals surface area (Å²) in [5, 5.41) is 0. The number of carbonyl (C=O) groups excluding carboxylic acids is 1. The Balaban J connectivity index is 2.68. The molecule has 1 heterocycles. The Hall–Kier alpha value is -0.370. The first-order valence-electron chi connectivity index (χ1n) is 5.58. The molecule has 0 amide bonds. The first-order chi connectivity index (χ1) is 6.40. The van der Waals surface area contributed by atoms with E-state index >= 15 is 0 Å². The van der Waals surface area contributed by atoms with Gasteiger partial charge in [-0.25, -0.2) is 0 Å². The van der Waals surface area contributed by atoms with Crippen molar-refractivity contribution in [2.45, 2.75) is 46.6 Å². The average Bonchev–Trinajstić information content (AvgIpc) is 2.40. The zero-order valence-electron chi connectivity index (χ0n) is 9.96. The molecule has 0 N–H and O–H groups in total. The minimum absolute atomic E-state index is 0.111. The number of Topliss-reactive ketones (excluding diaryl/α,β-unsaturated/α-hetero) is 1. The van der Waals surface area contributed by atoms with Crippen molar-refractivity contribution in [3.63, 3.8) is 0 Å². The summed E-state index contributed by atoms with van der Waals surface area (Å²) in [5.74, 6) is 1.43. The summed E-state index contributed by atoms with van der Waals surface area (Å²) in [6.07, 6.45) is 1.13. The van der Waals surface area contributed by atoms with E-state index in [0.29, 0.717) is 18.4 Å². The minimum atomic E-state index is -0.549. The van der Waals surface area contributed by atoms with E-state index in [0.717, 1.165) is 6.42 Å². The van der Waals surface area contributed by atoms with Gasteiger partial charge in [0.2, 0.25) is 0 Å². The van der Waals surface area contributed by atoms with Crippen LogP contribution in [0, 0.1) is 17.8 Å². The van der Waals surface area contributed by atoms with Crippen LogP contribution >= 0.6 is 0 Å². The van der Waals surface area contributed by atoms with Gasteiger partial charge in [-0.3, -0.25) is 4.79 Å². The van der Waals surface area contributed by atoms with Crippen LogP contribution in [0.2, 0.25) is 0 Å². The monoisotopic (exact) mass is 198 g/mol. The summed E-state index contributed by atoms with van der Waals surface area (Å²) in [6, 6.07) is 0. The predicted molar refractivity (Wildman–Crippen MR) is 57.1 cm³/mol. The molecule has 0 aromatic rings. The molecule has 3 atom stereocenters. The summed E-state index contributed by atoms with van der Waals surface area (Å²) in [6.45, 7) is 10.9. The number of carbonyl (C=O) groups is 1. The summed E-state index contributed by atoms with van der Waals surface area (Å²) in [4.78, 5) is 12.0. The number of hydrogen-bond acceptors (Lipinski definition) is 2. The van der Waals surface area contributed by atoms with Crippen molar-refractivity contribution < 1.29 is 9.53 Å². The molecule has 0 radical (unpaired) electrons. The fourth-order valence-corrected chi connectivity index (χ4v) is 2.05. The quantitative estimate of drug-likeness (QED) is 0.697. The zero-order valence-corrected chi connectivity index (χ0v) is 9.96. The van der Waals surface area contributed by atoms with Gasteiger partial charge in [0.25, 0.3) is 0 Å². The van der Waals surface area contributed by atoms with Crippen molar-refractivity contribution in [2.24, 2.45) is 17.8 Å². The highest BCUT2D eigenvalue weighted by Crippen LogP contribution is 2.34. The van der Waals surface area contributed by atoms with E-state index in [-0.39, 0.29) is 11.7 Å². The van der Waals surface area contributed by atoms with Crippen LogP contribution in [0.4, 0.5) is 0 Å². The van der Waals surface area contributed by atoms with E-state index in [1.54, 1.807) is 0 Å². The van der Waals surface area contributed by atoms with E-state index in [9.17, 15) is 4.79 Å². The molecular weight excluding hydrogens is 176 g/mol. The molecule has 0 spiro atoms. The maximum Gasteiger partial charge on any atom is 0.169 e. The highest BCUT2D eigenvalue weighted by Gasteiger charge is 2.44. The van der Waals surface area contributed by atoms with Crippen LogP contribution in [0.1, 0.15) is 41.0 Å². The topological polar surface area (TPSA) is 26.3 Å². The Morgan fingerprint density at radius 1 is 1.50 bits per heavy atom. The van der Waals surface area contributed by atoms with Crippen LogP contribution in [0.25, 0.3) is 0 Å². The second kappa shape index (κ2) is 4.01. The normalized spacial score (nSPS) is 30.4. The van der Waals surface area contributed by atoms with E-state index in [4.69, 9.17) is 4.74 Å². The lowest BCUT2D eigenvalue weighted by Crippen LogP contribution is -2.33. The number of hydrogen-bond donors (Lipinski definition) is 0. The molecule has 0 aromatic carbocycles. The highest BCUT2D eigenvalue weighted by molar-refractivity contribution is 5.90.